The molecular formula is C15H18Br2N2. The number of hydrogen-bond acceptors (Lipinski definition) is 1. The van der Waals surface area contributed by atoms with Crippen LogP contribution in [0.25, 0.3) is 0 Å². The van der Waals surface area contributed by atoms with Crippen LogP contribution >= 0.6 is 31.9 Å². The molecule has 4 heteroatoms. The Bertz CT molecular complexity index is 549. The second kappa shape index (κ2) is 6.71. The van der Waals surface area contributed by atoms with Gasteiger partial charge in [0.15, 0.2) is 0 Å². The summed E-state index contributed by atoms with van der Waals surface area (Å²) in [5, 5.41) is 5.47. The molecule has 0 radical (unpaired) electrons. The smallest absolute Gasteiger partial charge is 0.0624 e. The van der Waals surface area contributed by atoms with E-state index in [4.69, 9.17) is 0 Å². The van der Waals surface area contributed by atoms with Gasteiger partial charge in [-0.3, -0.25) is 4.68 Å². The van der Waals surface area contributed by atoms with Gasteiger partial charge in [-0.2, -0.15) is 5.10 Å². The average Bonchev–Trinajstić information content (AvgIpc) is 2.77. The fourth-order valence-corrected chi connectivity index (χ4v) is 3.43. The zero-order valence-electron chi connectivity index (χ0n) is 11.2. The van der Waals surface area contributed by atoms with Gasteiger partial charge < -0.3 is 0 Å². The van der Waals surface area contributed by atoms with Crippen LogP contribution < -0.4 is 0 Å². The minimum Gasteiger partial charge on any atom is -0.272 e. The Kier molecular flexibility index (Phi) is 5.22. The first-order chi connectivity index (χ1) is 9.15. The number of benzene rings is 1. The third-order valence-electron chi connectivity index (χ3n) is 3.38. The molecule has 19 heavy (non-hydrogen) atoms. The molecule has 0 fully saturated rings. The van der Waals surface area contributed by atoms with Crippen LogP contribution in [0.4, 0.5) is 0 Å². The lowest BCUT2D eigenvalue weighted by Gasteiger charge is -2.16. The van der Waals surface area contributed by atoms with Gasteiger partial charge in [-0.15, -0.1) is 0 Å². The van der Waals surface area contributed by atoms with E-state index in [0.29, 0.717) is 5.92 Å². The third kappa shape index (κ3) is 3.48. The number of halogens is 2. The molecule has 0 bridgehead atoms. The minimum atomic E-state index is 0.454. The molecule has 0 saturated heterocycles. The summed E-state index contributed by atoms with van der Waals surface area (Å²) < 4.78 is 3.18. The maximum absolute atomic E-state index is 4.52. The molecule has 0 aliphatic carbocycles. The van der Waals surface area contributed by atoms with Crippen LogP contribution in [0.2, 0.25) is 0 Å². The van der Waals surface area contributed by atoms with Crippen molar-refractivity contribution < 1.29 is 0 Å². The van der Waals surface area contributed by atoms with Crippen molar-refractivity contribution in [3.63, 3.8) is 0 Å². The van der Waals surface area contributed by atoms with Gasteiger partial charge in [0, 0.05) is 28.5 Å². The molecule has 0 aliphatic rings. The van der Waals surface area contributed by atoms with Gasteiger partial charge in [0.25, 0.3) is 0 Å². The molecule has 1 aromatic carbocycles. The number of aryl methyl sites for hydroxylation is 2. The van der Waals surface area contributed by atoms with E-state index in [9.17, 15) is 0 Å². The van der Waals surface area contributed by atoms with E-state index >= 15 is 0 Å². The standard InChI is InChI=1S/C15H18Br2N2/c1-3-12-9-13(19(2)18-12)8-11(10-16)14-6-4-5-7-15(14)17/h4-7,9,11H,3,8,10H2,1-2H3. The quantitative estimate of drug-likeness (QED) is 0.694. The van der Waals surface area contributed by atoms with E-state index in [-0.39, 0.29) is 0 Å². The van der Waals surface area contributed by atoms with E-state index in [2.05, 4.69) is 74.2 Å². The first-order valence-electron chi connectivity index (χ1n) is 6.47. The number of rotatable bonds is 5. The summed E-state index contributed by atoms with van der Waals surface area (Å²) in [6, 6.07) is 10.7. The second-order valence-corrected chi connectivity index (χ2v) is 6.18. The molecule has 2 aromatic rings. The van der Waals surface area contributed by atoms with Gasteiger partial charge in [0.05, 0.1) is 5.69 Å². The summed E-state index contributed by atoms with van der Waals surface area (Å²) in [6.07, 6.45) is 1.99. The van der Waals surface area contributed by atoms with E-state index in [0.717, 1.165) is 23.9 Å². The molecule has 0 amide bonds. The fraction of sp³-hybridized carbons (Fsp3) is 0.400. The summed E-state index contributed by atoms with van der Waals surface area (Å²) in [5.74, 6) is 0.454. The zero-order chi connectivity index (χ0) is 13.8. The predicted octanol–water partition coefficient (Wildman–Crippen LogP) is 4.47. The zero-order valence-corrected chi connectivity index (χ0v) is 14.4. The summed E-state index contributed by atoms with van der Waals surface area (Å²) in [4.78, 5) is 0. The highest BCUT2D eigenvalue weighted by Crippen LogP contribution is 2.29. The van der Waals surface area contributed by atoms with Crippen molar-refractivity contribution >= 4 is 31.9 Å². The van der Waals surface area contributed by atoms with Crippen molar-refractivity contribution in [2.45, 2.75) is 25.7 Å². The molecule has 0 saturated carbocycles. The van der Waals surface area contributed by atoms with Crippen molar-refractivity contribution in [1.82, 2.24) is 9.78 Å². The van der Waals surface area contributed by atoms with Gasteiger partial charge in [0.1, 0.15) is 0 Å². The monoisotopic (exact) mass is 384 g/mol. The molecule has 0 N–H and O–H groups in total. The molecule has 1 unspecified atom stereocenters. The molecule has 2 nitrogen and oxygen atoms in total. The van der Waals surface area contributed by atoms with E-state index in [1.54, 1.807) is 0 Å². The highest BCUT2D eigenvalue weighted by molar-refractivity contribution is 9.10. The Morgan fingerprint density at radius 2 is 2.05 bits per heavy atom. The number of alkyl halides is 1. The van der Waals surface area contributed by atoms with Crippen molar-refractivity contribution in [2.75, 3.05) is 5.33 Å². The van der Waals surface area contributed by atoms with Crippen molar-refractivity contribution in [3.05, 3.63) is 51.8 Å². The van der Waals surface area contributed by atoms with Gasteiger partial charge in [0.2, 0.25) is 0 Å². The lowest BCUT2D eigenvalue weighted by Crippen LogP contribution is -2.09. The van der Waals surface area contributed by atoms with Crippen LogP contribution in [0, 0.1) is 0 Å². The molecule has 0 spiro atoms. The Balaban J connectivity index is 2.24. The average molecular weight is 386 g/mol. The highest BCUT2D eigenvalue weighted by Gasteiger charge is 2.16. The molecule has 2 rings (SSSR count). The SMILES string of the molecule is CCc1cc(CC(CBr)c2ccccc2Br)n(C)n1. The topological polar surface area (TPSA) is 17.8 Å². The first kappa shape index (κ1) is 14.8. The van der Waals surface area contributed by atoms with Crippen LogP contribution in [0.5, 0.6) is 0 Å². The van der Waals surface area contributed by atoms with E-state index in [1.165, 1.54) is 15.7 Å². The Morgan fingerprint density at radius 3 is 2.63 bits per heavy atom. The molecule has 1 heterocycles. The normalized spacial score (nSPS) is 12.6. The van der Waals surface area contributed by atoms with Crippen LogP contribution in [0.1, 0.15) is 29.8 Å². The summed E-state index contributed by atoms with van der Waals surface area (Å²) in [6.45, 7) is 2.14. The molecular weight excluding hydrogens is 368 g/mol. The molecule has 102 valence electrons. The minimum absolute atomic E-state index is 0.454. The van der Waals surface area contributed by atoms with E-state index in [1.807, 2.05) is 11.7 Å². The summed E-state index contributed by atoms with van der Waals surface area (Å²) in [7, 11) is 2.03. The predicted molar refractivity (Wildman–Crippen MR) is 87.0 cm³/mol. The summed E-state index contributed by atoms with van der Waals surface area (Å²) >= 11 is 7.29. The third-order valence-corrected chi connectivity index (χ3v) is 4.88. The van der Waals surface area contributed by atoms with Gasteiger partial charge in [-0.25, -0.2) is 0 Å². The lowest BCUT2D eigenvalue weighted by atomic mass is 9.96. The number of nitrogens with zero attached hydrogens (tertiary/aromatic N) is 2. The Hall–Kier alpha value is -0.610. The van der Waals surface area contributed by atoms with Crippen LogP contribution in [0.3, 0.4) is 0 Å². The van der Waals surface area contributed by atoms with E-state index < -0.39 is 0 Å². The Morgan fingerprint density at radius 1 is 1.32 bits per heavy atom. The van der Waals surface area contributed by atoms with Crippen LogP contribution in [-0.2, 0) is 19.9 Å². The van der Waals surface area contributed by atoms with Gasteiger partial charge >= 0.3 is 0 Å². The Labute approximate surface area is 131 Å². The largest absolute Gasteiger partial charge is 0.272 e. The van der Waals surface area contributed by atoms with Crippen molar-refractivity contribution in [2.24, 2.45) is 7.05 Å². The van der Waals surface area contributed by atoms with Crippen LogP contribution in [0.15, 0.2) is 34.8 Å². The first-order valence-corrected chi connectivity index (χ1v) is 8.39. The fourth-order valence-electron chi connectivity index (χ4n) is 2.24. The lowest BCUT2D eigenvalue weighted by molar-refractivity contribution is 0.657. The maximum atomic E-state index is 4.52. The highest BCUT2D eigenvalue weighted by atomic mass is 79.9. The summed E-state index contributed by atoms with van der Waals surface area (Å²) in [5.41, 5.74) is 3.80. The molecule has 1 aromatic heterocycles. The van der Waals surface area contributed by atoms with Crippen molar-refractivity contribution in [3.8, 4) is 0 Å². The van der Waals surface area contributed by atoms with Gasteiger partial charge in [-0.1, -0.05) is 57.0 Å². The number of hydrogen-bond donors (Lipinski definition) is 0. The van der Waals surface area contributed by atoms with Crippen LogP contribution in [-0.4, -0.2) is 15.1 Å². The second-order valence-electron chi connectivity index (χ2n) is 4.68. The maximum Gasteiger partial charge on any atom is 0.0624 e. The molecule has 1 atom stereocenters. The molecule has 0 aliphatic heterocycles. The van der Waals surface area contributed by atoms with Gasteiger partial charge in [-0.05, 0) is 30.5 Å². The number of aromatic nitrogens is 2. The van der Waals surface area contributed by atoms with Crippen molar-refractivity contribution in [1.29, 1.82) is 0 Å².